The van der Waals surface area contributed by atoms with Crippen molar-refractivity contribution in [3.63, 3.8) is 0 Å². The second-order valence-electron chi connectivity index (χ2n) is 6.27. The van der Waals surface area contributed by atoms with E-state index in [-0.39, 0.29) is 11.7 Å². The molecule has 1 aliphatic rings. The smallest absolute Gasteiger partial charge is 0.249 e. The first kappa shape index (κ1) is 18.8. The fourth-order valence-corrected chi connectivity index (χ4v) is 3.42. The van der Waals surface area contributed by atoms with Gasteiger partial charge in [-0.2, -0.15) is 0 Å². The molecule has 1 heterocycles. The van der Waals surface area contributed by atoms with Crippen LogP contribution in [0.4, 0.5) is 5.69 Å². The maximum absolute atomic E-state index is 12.0. The molecular formula is C20H20ClN3O3. The molecule has 1 aliphatic heterocycles. The first-order valence-electron chi connectivity index (χ1n) is 8.49. The Labute approximate surface area is 162 Å². The van der Waals surface area contributed by atoms with Gasteiger partial charge in [0.15, 0.2) is 0 Å². The summed E-state index contributed by atoms with van der Waals surface area (Å²) in [7, 11) is 0. The van der Waals surface area contributed by atoms with Gasteiger partial charge in [0, 0.05) is 48.0 Å². The topological polar surface area (TPSA) is 86.9 Å². The van der Waals surface area contributed by atoms with E-state index in [0.717, 1.165) is 5.69 Å². The summed E-state index contributed by atoms with van der Waals surface area (Å²) < 4.78 is 0. The molecule has 2 aromatic rings. The first-order valence-corrected chi connectivity index (χ1v) is 8.87. The van der Waals surface area contributed by atoms with Crippen LogP contribution in [0.25, 0.3) is 11.1 Å². The molecule has 0 saturated carbocycles. The van der Waals surface area contributed by atoms with E-state index >= 15 is 0 Å². The van der Waals surface area contributed by atoms with E-state index in [1.807, 2.05) is 6.07 Å². The third-order valence-electron chi connectivity index (χ3n) is 4.64. The Hall–Kier alpha value is -2.99. The van der Waals surface area contributed by atoms with E-state index in [9.17, 15) is 14.7 Å². The lowest BCUT2D eigenvalue weighted by atomic mass is 9.97. The zero-order valence-electron chi connectivity index (χ0n) is 14.7. The summed E-state index contributed by atoms with van der Waals surface area (Å²) in [5, 5.41) is 10.2. The summed E-state index contributed by atoms with van der Waals surface area (Å²) in [6.45, 7) is 5.96. The van der Waals surface area contributed by atoms with E-state index in [4.69, 9.17) is 17.3 Å². The van der Waals surface area contributed by atoms with Gasteiger partial charge in [-0.1, -0.05) is 24.2 Å². The second-order valence-corrected chi connectivity index (χ2v) is 6.68. The van der Waals surface area contributed by atoms with Crippen LogP contribution in [0.1, 0.15) is 10.4 Å². The highest BCUT2D eigenvalue weighted by Crippen LogP contribution is 2.35. The van der Waals surface area contributed by atoms with Crippen molar-refractivity contribution in [2.24, 2.45) is 5.73 Å². The largest absolute Gasteiger partial charge is 0.508 e. The van der Waals surface area contributed by atoms with E-state index in [0.29, 0.717) is 47.9 Å². The molecule has 3 rings (SSSR count). The predicted octanol–water partition coefficient (Wildman–Crippen LogP) is 2.65. The lowest BCUT2D eigenvalue weighted by Gasteiger charge is -2.36. The molecule has 3 N–H and O–H groups in total. The Balaban J connectivity index is 1.91. The van der Waals surface area contributed by atoms with Crippen molar-refractivity contribution in [2.45, 2.75) is 0 Å². The van der Waals surface area contributed by atoms with Crippen LogP contribution in [-0.4, -0.2) is 48.0 Å². The molecule has 6 nitrogen and oxygen atoms in total. The maximum atomic E-state index is 12.0. The fraction of sp³-hybridized carbons (Fsp3) is 0.200. The van der Waals surface area contributed by atoms with Gasteiger partial charge >= 0.3 is 0 Å². The third-order valence-corrected chi connectivity index (χ3v) is 4.97. The number of rotatable bonds is 4. The molecule has 1 fully saturated rings. The highest BCUT2D eigenvalue weighted by Gasteiger charge is 2.21. The molecule has 0 radical (unpaired) electrons. The lowest BCUT2D eigenvalue weighted by Crippen LogP contribution is -2.48. The summed E-state index contributed by atoms with van der Waals surface area (Å²) in [5.74, 6) is -0.606. The zero-order valence-corrected chi connectivity index (χ0v) is 15.4. The third kappa shape index (κ3) is 3.90. The number of aromatic hydroxyl groups is 1. The molecule has 0 bridgehead atoms. The SMILES string of the molecule is C=CC(=O)N1CCN(c2ccc(-c3cc(O)ccc3Cl)c(C(N)=O)c2)CC1. The predicted molar refractivity (Wildman–Crippen MR) is 106 cm³/mol. The van der Waals surface area contributed by atoms with E-state index < -0.39 is 5.91 Å². The highest BCUT2D eigenvalue weighted by atomic mass is 35.5. The zero-order chi connectivity index (χ0) is 19.6. The molecule has 0 aromatic heterocycles. The van der Waals surface area contributed by atoms with Crippen LogP contribution < -0.4 is 10.6 Å². The van der Waals surface area contributed by atoms with Crippen LogP contribution in [0.5, 0.6) is 5.75 Å². The van der Waals surface area contributed by atoms with Crippen LogP contribution >= 0.6 is 11.6 Å². The number of nitrogens with zero attached hydrogens (tertiary/aromatic N) is 2. The number of phenols is 1. The average molecular weight is 386 g/mol. The van der Waals surface area contributed by atoms with Crippen molar-refractivity contribution < 1.29 is 14.7 Å². The Morgan fingerprint density at radius 2 is 1.78 bits per heavy atom. The number of hydrogen-bond donors (Lipinski definition) is 2. The Morgan fingerprint density at radius 3 is 2.41 bits per heavy atom. The Kier molecular flexibility index (Phi) is 5.37. The van der Waals surface area contributed by atoms with Crippen LogP contribution in [-0.2, 0) is 4.79 Å². The van der Waals surface area contributed by atoms with Gasteiger partial charge in [-0.3, -0.25) is 9.59 Å². The number of nitrogens with two attached hydrogens (primary N) is 1. The second kappa shape index (κ2) is 7.72. The molecule has 0 atom stereocenters. The first-order chi connectivity index (χ1) is 12.9. The maximum Gasteiger partial charge on any atom is 0.249 e. The van der Waals surface area contributed by atoms with Crippen molar-refractivity contribution in [2.75, 3.05) is 31.1 Å². The quantitative estimate of drug-likeness (QED) is 0.792. The van der Waals surface area contributed by atoms with Crippen LogP contribution in [0.15, 0.2) is 49.1 Å². The summed E-state index contributed by atoms with van der Waals surface area (Å²) in [5.41, 5.74) is 7.86. The number of primary amides is 1. The van der Waals surface area contributed by atoms with Crippen LogP contribution in [0, 0.1) is 0 Å². The van der Waals surface area contributed by atoms with Gasteiger partial charge in [-0.15, -0.1) is 0 Å². The number of phenolic OH excluding ortho intramolecular Hbond substituents is 1. The van der Waals surface area contributed by atoms with Gasteiger partial charge in [-0.05, 0) is 42.0 Å². The molecule has 1 saturated heterocycles. The summed E-state index contributed by atoms with van der Waals surface area (Å²) in [4.78, 5) is 27.6. The summed E-state index contributed by atoms with van der Waals surface area (Å²) in [6, 6.07) is 9.94. The van der Waals surface area contributed by atoms with E-state index in [2.05, 4.69) is 11.5 Å². The van der Waals surface area contributed by atoms with Crippen molar-refractivity contribution in [3.05, 3.63) is 59.6 Å². The molecule has 2 amide bonds. The van der Waals surface area contributed by atoms with Crippen molar-refractivity contribution in [1.82, 2.24) is 4.90 Å². The van der Waals surface area contributed by atoms with Gasteiger partial charge in [0.25, 0.3) is 0 Å². The molecule has 27 heavy (non-hydrogen) atoms. The minimum atomic E-state index is -0.577. The number of carbonyl (C=O) groups excluding carboxylic acids is 2. The van der Waals surface area contributed by atoms with Crippen molar-refractivity contribution >= 4 is 29.1 Å². The van der Waals surface area contributed by atoms with Gasteiger partial charge in [-0.25, -0.2) is 0 Å². The van der Waals surface area contributed by atoms with Crippen molar-refractivity contribution in [3.8, 4) is 16.9 Å². The number of hydrogen-bond acceptors (Lipinski definition) is 4. The standard InChI is InChI=1S/C20H20ClN3O3/c1-2-19(26)24-9-7-23(8-10-24)13-3-5-15(17(11-13)20(22)27)16-12-14(25)4-6-18(16)21/h2-6,11-12,25H,1,7-10H2,(H2,22,27). The number of carbonyl (C=O) groups is 2. The molecule has 140 valence electrons. The van der Waals surface area contributed by atoms with Gasteiger partial charge in [0.1, 0.15) is 5.75 Å². The van der Waals surface area contributed by atoms with Gasteiger partial charge in [0.2, 0.25) is 11.8 Å². The monoisotopic (exact) mass is 385 g/mol. The number of halogens is 1. The fourth-order valence-electron chi connectivity index (χ4n) is 3.20. The molecule has 2 aromatic carbocycles. The van der Waals surface area contributed by atoms with Crippen LogP contribution in [0.2, 0.25) is 5.02 Å². The molecule has 0 spiro atoms. The minimum absolute atomic E-state index is 0.0527. The Bertz CT molecular complexity index is 905. The lowest BCUT2D eigenvalue weighted by molar-refractivity contribution is -0.126. The molecule has 0 aliphatic carbocycles. The molecule has 0 unspecified atom stereocenters. The summed E-state index contributed by atoms with van der Waals surface area (Å²) in [6.07, 6.45) is 1.31. The van der Waals surface area contributed by atoms with Gasteiger partial charge in [0.05, 0.1) is 0 Å². The number of anilines is 1. The highest BCUT2D eigenvalue weighted by molar-refractivity contribution is 6.33. The number of piperazine rings is 1. The van der Waals surface area contributed by atoms with Gasteiger partial charge < -0.3 is 20.6 Å². The number of benzene rings is 2. The van der Waals surface area contributed by atoms with E-state index in [1.165, 1.54) is 18.2 Å². The molecule has 7 heteroatoms. The van der Waals surface area contributed by atoms with E-state index in [1.54, 1.807) is 23.1 Å². The minimum Gasteiger partial charge on any atom is -0.508 e. The molecular weight excluding hydrogens is 366 g/mol. The average Bonchev–Trinajstić information content (AvgIpc) is 2.69. The van der Waals surface area contributed by atoms with Crippen LogP contribution in [0.3, 0.4) is 0 Å². The normalized spacial score (nSPS) is 14.1. The Morgan fingerprint density at radius 1 is 1.07 bits per heavy atom. The number of amides is 2. The van der Waals surface area contributed by atoms with Crippen molar-refractivity contribution in [1.29, 1.82) is 0 Å². The summed E-state index contributed by atoms with van der Waals surface area (Å²) >= 11 is 6.24.